The Balaban J connectivity index is 2.05. The smallest absolute Gasteiger partial charge is 0.00262 e. The van der Waals surface area contributed by atoms with Crippen molar-refractivity contribution in [2.45, 2.75) is 58.8 Å². The Morgan fingerprint density at radius 1 is 0.586 bits per heavy atom. The van der Waals surface area contributed by atoms with Crippen LogP contribution in [-0.2, 0) is 10.8 Å². The molecule has 0 atom stereocenters. The molecule has 0 bridgehead atoms. The normalized spacial score (nSPS) is 13.3. The predicted molar refractivity (Wildman–Crippen MR) is 130 cm³/mol. The first-order chi connectivity index (χ1) is 13.7. The Morgan fingerprint density at radius 3 is 1.55 bits per heavy atom. The van der Waals surface area contributed by atoms with Crippen LogP contribution in [0.2, 0.25) is 0 Å². The first-order valence-electron chi connectivity index (χ1n) is 10.9. The monoisotopic (exact) mass is 378 g/mol. The Labute approximate surface area is 173 Å². The summed E-state index contributed by atoms with van der Waals surface area (Å²) in [5, 5.41) is 11.1. The second kappa shape index (κ2) is 5.95. The van der Waals surface area contributed by atoms with Gasteiger partial charge in [-0.2, -0.15) is 0 Å². The van der Waals surface area contributed by atoms with Crippen molar-refractivity contribution in [1.82, 2.24) is 0 Å². The molecule has 0 heterocycles. The molecule has 0 unspecified atom stereocenters. The molecule has 146 valence electrons. The summed E-state index contributed by atoms with van der Waals surface area (Å²) in [5.41, 5.74) is 3.14. The van der Waals surface area contributed by atoms with Crippen LogP contribution in [0.3, 0.4) is 0 Å². The average Bonchev–Trinajstić information content (AvgIpc) is 2.70. The van der Waals surface area contributed by atoms with Gasteiger partial charge in [-0.25, -0.2) is 0 Å². The fraction of sp³-hybridized carbons (Fsp3) is 0.310. The van der Waals surface area contributed by atoms with E-state index in [4.69, 9.17) is 0 Å². The summed E-state index contributed by atoms with van der Waals surface area (Å²) in [4.78, 5) is 0. The molecule has 0 spiro atoms. The van der Waals surface area contributed by atoms with E-state index in [1.54, 1.807) is 0 Å². The SMILES string of the molecule is CCC(C)(C)c1cc2cccc3c4cc(C(C)(C)C)cc5cccc(c(c1)c23)c54. The third-order valence-electron chi connectivity index (χ3n) is 7.07. The van der Waals surface area contributed by atoms with Crippen molar-refractivity contribution < 1.29 is 0 Å². The van der Waals surface area contributed by atoms with E-state index < -0.39 is 0 Å². The lowest BCUT2D eigenvalue weighted by molar-refractivity contribution is 0.507. The zero-order chi connectivity index (χ0) is 20.6. The molecule has 0 aliphatic carbocycles. The third kappa shape index (κ3) is 2.65. The van der Waals surface area contributed by atoms with Crippen LogP contribution in [-0.4, -0.2) is 0 Å². The van der Waals surface area contributed by atoms with Gasteiger partial charge in [-0.3, -0.25) is 0 Å². The fourth-order valence-corrected chi connectivity index (χ4v) is 4.76. The Bertz CT molecular complexity index is 1380. The predicted octanol–water partition coefficient (Wildman–Crippen LogP) is 8.72. The van der Waals surface area contributed by atoms with Crippen molar-refractivity contribution in [3.63, 3.8) is 0 Å². The minimum atomic E-state index is 0.129. The van der Waals surface area contributed by atoms with E-state index in [-0.39, 0.29) is 10.8 Å². The number of rotatable bonds is 2. The van der Waals surface area contributed by atoms with Crippen LogP contribution in [0.1, 0.15) is 59.1 Å². The Kier molecular flexibility index (Phi) is 3.78. The van der Waals surface area contributed by atoms with Gasteiger partial charge in [0.15, 0.2) is 0 Å². The van der Waals surface area contributed by atoms with E-state index in [1.165, 1.54) is 54.2 Å². The molecule has 0 fully saturated rings. The summed E-state index contributed by atoms with van der Waals surface area (Å²) < 4.78 is 0. The minimum Gasteiger partial charge on any atom is -0.0646 e. The average molecular weight is 379 g/mol. The van der Waals surface area contributed by atoms with Crippen molar-refractivity contribution >= 4 is 43.1 Å². The van der Waals surface area contributed by atoms with Crippen LogP contribution in [0.5, 0.6) is 0 Å². The number of hydrogen-bond acceptors (Lipinski definition) is 0. The molecular formula is C29H30. The first kappa shape index (κ1) is 18.4. The van der Waals surface area contributed by atoms with Crippen LogP contribution in [0.15, 0.2) is 60.7 Å². The molecule has 0 saturated carbocycles. The van der Waals surface area contributed by atoms with Gasteiger partial charge in [0.2, 0.25) is 0 Å². The van der Waals surface area contributed by atoms with Gasteiger partial charge in [0.1, 0.15) is 0 Å². The summed E-state index contributed by atoms with van der Waals surface area (Å²) >= 11 is 0. The van der Waals surface area contributed by atoms with E-state index in [2.05, 4.69) is 102 Å². The molecule has 0 aliphatic rings. The largest absolute Gasteiger partial charge is 0.0646 e. The molecule has 0 saturated heterocycles. The molecule has 0 nitrogen and oxygen atoms in total. The highest BCUT2D eigenvalue weighted by atomic mass is 14.3. The lowest BCUT2D eigenvalue weighted by Gasteiger charge is -2.26. The topological polar surface area (TPSA) is 0 Å². The number of hydrogen-bond donors (Lipinski definition) is 0. The number of fused-ring (bicyclic) bond motifs is 2. The second-order valence-electron chi connectivity index (χ2n) is 10.3. The zero-order valence-corrected chi connectivity index (χ0v) is 18.5. The van der Waals surface area contributed by atoms with E-state index in [1.807, 2.05) is 0 Å². The molecule has 0 radical (unpaired) electrons. The van der Waals surface area contributed by atoms with Crippen LogP contribution >= 0.6 is 0 Å². The molecule has 29 heavy (non-hydrogen) atoms. The summed E-state index contributed by atoms with van der Waals surface area (Å²) in [5.74, 6) is 0. The van der Waals surface area contributed by atoms with Crippen molar-refractivity contribution in [1.29, 1.82) is 0 Å². The van der Waals surface area contributed by atoms with Crippen LogP contribution in [0.25, 0.3) is 43.1 Å². The quantitative estimate of drug-likeness (QED) is 0.213. The van der Waals surface area contributed by atoms with Crippen molar-refractivity contribution in [2.75, 3.05) is 0 Å². The van der Waals surface area contributed by atoms with Crippen LogP contribution < -0.4 is 0 Å². The van der Waals surface area contributed by atoms with Crippen LogP contribution in [0.4, 0.5) is 0 Å². The molecular weight excluding hydrogens is 348 g/mol. The molecule has 5 rings (SSSR count). The lowest BCUT2D eigenvalue weighted by Crippen LogP contribution is -2.15. The highest BCUT2D eigenvalue weighted by Gasteiger charge is 2.22. The fourth-order valence-electron chi connectivity index (χ4n) is 4.76. The zero-order valence-electron chi connectivity index (χ0n) is 18.5. The Hall–Kier alpha value is -2.60. The molecule has 0 amide bonds. The van der Waals surface area contributed by atoms with E-state index in [0.717, 1.165) is 6.42 Å². The standard InChI is InChI=1S/C29H30/c1-7-29(5,6)21-15-19-11-9-12-22-24-16-20(28(2,3)4)14-18-10-8-13-23(26(18)24)25(17-21)27(19)22/h8-17H,7H2,1-6H3. The highest BCUT2D eigenvalue weighted by molar-refractivity contribution is 6.33. The van der Waals surface area contributed by atoms with Crippen molar-refractivity contribution in [3.05, 3.63) is 71.8 Å². The maximum Gasteiger partial charge on any atom is -0.00262 e. The van der Waals surface area contributed by atoms with E-state index in [0.29, 0.717) is 0 Å². The maximum absolute atomic E-state index is 2.46. The summed E-state index contributed by atoms with van der Waals surface area (Å²) in [7, 11) is 0. The van der Waals surface area contributed by atoms with Gasteiger partial charge in [-0.1, -0.05) is 90.1 Å². The summed E-state index contributed by atoms with van der Waals surface area (Å²) in [6.45, 7) is 13.9. The van der Waals surface area contributed by atoms with E-state index >= 15 is 0 Å². The first-order valence-corrected chi connectivity index (χ1v) is 10.9. The summed E-state index contributed by atoms with van der Waals surface area (Å²) in [6, 6.07) is 23.4. The molecule has 0 aliphatic heterocycles. The summed E-state index contributed by atoms with van der Waals surface area (Å²) in [6.07, 6.45) is 1.13. The molecule has 5 aromatic carbocycles. The molecule has 0 aromatic heterocycles. The van der Waals surface area contributed by atoms with Gasteiger partial charge in [-0.15, -0.1) is 0 Å². The Morgan fingerprint density at radius 2 is 1.07 bits per heavy atom. The lowest BCUT2D eigenvalue weighted by atomic mass is 9.78. The van der Waals surface area contributed by atoms with Gasteiger partial charge < -0.3 is 0 Å². The molecule has 5 aromatic rings. The van der Waals surface area contributed by atoms with Crippen molar-refractivity contribution in [2.24, 2.45) is 0 Å². The third-order valence-corrected chi connectivity index (χ3v) is 7.07. The molecule has 0 N–H and O–H groups in total. The van der Waals surface area contributed by atoms with Gasteiger partial charge in [0, 0.05) is 0 Å². The van der Waals surface area contributed by atoms with Gasteiger partial charge in [-0.05, 0) is 83.6 Å². The minimum absolute atomic E-state index is 0.129. The van der Waals surface area contributed by atoms with Gasteiger partial charge >= 0.3 is 0 Å². The van der Waals surface area contributed by atoms with Gasteiger partial charge in [0.25, 0.3) is 0 Å². The van der Waals surface area contributed by atoms with Gasteiger partial charge in [0.05, 0.1) is 0 Å². The highest BCUT2D eigenvalue weighted by Crippen LogP contribution is 2.43. The second-order valence-corrected chi connectivity index (χ2v) is 10.3. The molecule has 0 heteroatoms. The van der Waals surface area contributed by atoms with Crippen molar-refractivity contribution in [3.8, 4) is 0 Å². The van der Waals surface area contributed by atoms with Crippen LogP contribution in [0, 0.1) is 0 Å². The van der Waals surface area contributed by atoms with E-state index in [9.17, 15) is 0 Å². The number of benzene rings is 5. The maximum atomic E-state index is 2.46.